The minimum atomic E-state index is -0.290. The molecule has 3 aromatic carbocycles. The van der Waals surface area contributed by atoms with Gasteiger partial charge in [-0.25, -0.2) is 9.37 Å². The minimum absolute atomic E-state index is 0.163. The molecule has 0 radical (unpaired) electrons. The Morgan fingerprint density at radius 3 is 2.46 bits per heavy atom. The normalized spacial score (nSPS) is 10.9. The van der Waals surface area contributed by atoms with Gasteiger partial charge < -0.3 is 9.88 Å². The van der Waals surface area contributed by atoms with E-state index in [2.05, 4.69) is 5.32 Å². The van der Waals surface area contributed by atoms with Crippen molar-refractivity contribution < 1.29 is 9.18 Å². The molecule has 4 aromatic rings. The second-order valence-corrected chi connectivity index (χ2v) is 6.78. The van der Waals surface area contributed by atoms with E-state index in [0.717, 1.165) is 22.4 Å². The fourth-order valence-corrected chi connectivity index (χ4v) is 3.23. The quantitative estimate of drug-likeness (QED) is 0.522. The Balaban J connectivity index is 1.57. The smallest absolute Gasteiger partial charge is 0.251 e. The number of carbonyl (C=O) groups excluding carboxylic acids is 1. The number of benzene rings is 3. The van der Waals surface area contributed by atoms with Crippen LogP contribution in [0.15, 0.2) is 72.8 Å². The maximum Gasteiger partial charge on any atom is 0.251 e. The van der Waals surface area contributed by atoms with Crippen molar-refractivity contribution in [1.82, 2.24) is 14.9 Å². The predicted octanol–water partition coefficient (Wildman–Crippen LogP) is 4.93. The van der Waals surface area contributed by atoms with Gasteiger partial charge in [-0.3, -0.25) is 4.79 Å². The summed E-state index contributed by atoms with van der Waals surface area (Å²) in [4.78, 5) is 17.0. The molecule has 0 saturated heterocycles. The summed E-state index contributed by atoms with van der Waals surface area (Å²) in [6.07, 6.45) is 0. The average molecular weight is 394 g/mol. The van der Waals surface area contributed by atoms with Gasteiger partial charge in [-0.15, -0.1) is 0 Å². The molecule has 1 amide bonds. The molecule has 0 fully saturated rings. The molecule has 0 aliphatic carbocycles. The van der Waals surface area contributed by atoms with Gasteiger partial charge in [0.2, 0.25) is 0 Å². The van der Waals surface area contributed by atoms with Crippen molar-refractivity contribution in [2.75, 3.05) is 6.54 Å². The first-order valence-electron chi connectivity index (χ1n) is 8.87. The lowest BCUT2D eigenvalue weighted by Gasteiger charge is -2.11. The summed E-state index contributed by atoms with van der Waals surface area (Å²) in [6, 6.07) is 20.8. The zero-order valence-electron chi connectivity index (χ0n) is 14.9. The van der Waals surface area contributed by atoms with E-state index < -0.39 is 0 Å². The molecule has 4 rings (SSSR count). The van der Waals surface area contributed by atoms with Crippen molar-refractivity contribution in [3.63, 3.8) is 0 Å². The van der Waals surface area contributed by atoms with Crippen molar-refractivity contribution >= 4 is 28.5 Å². The van der Waals surface area contributed by atoms with Crippen LogP contribution in [-0.2, 0) is 6.54 Å². The van der Waals surface area contributed by atoms with Gasteiger partial charge in [0.05, 0.1) is 11.0 Å². The monoisotopic (exact) mass is 393 g/mol. The SMILES string of the molecule is O=C(NCCn1c(-c2ccc(F)cc2)nc2ccccc21)c1ccc(Cl)cc1. The number of rotatable bonds is 5. The van der Waals surface area contributed by atoms with Gasteiger partial charge in [-0.05, 0) is 60.7 Å². The number of hydrogen-bond acceptors (Lipinski definition) is 2. The third-order valence-electron chi connectivity index (χ3n) is 4.48. The molecule has 0 aliphatic rings. The number of halogens is 2. The third kappa shape index (κ3) is 3.75. The van der Waals surface area contributed by atoms with E-state index in [4.69, 9.17) is 16.6 Å². The van der Waals surface area contributed by atoms with Gasteiger partial charge in [-0.2, -0.15) is 0 Å². The molecule has 28 heavy (non-hydrogen) atoms. The molecule has 6 heteroatoms. The van der Waals surface area contributed by atoms with Crippen LogP contribution in [0.2, 0.25) is 5.02 Å². The molecule has 140 valence electrons. The van der Waals surface area contributed by atoms with Crippen LogP contribution in [0, 0.1) is 5.82 Å². The van der Waals surface area contributed by atoms with Crippen LogP contribution >= 0.6 is 11.6 Å². The van der Waals surface area contributed by atoms with Crippen molar-refractivity contribution in [3.05, 3.63) is 89.2 Å². The van der Waals surface area contributed by atoms with E-state index in [1.54, 1.807) is 36.4 Å². The van der Waals surface area contributed by atoms with Gasteiger partial charge in [0.1, 0.15) is 11.6 Å². The molecular formula is C22H17ClFN3O. The first-order valence-corrected chi connectivity index (χ1v) is 9.24. The van der Waals surface area contributed by atoms with Gasteiger partial charge in [0, 0.05) is 29.2 Å². The molecule has 0 unspecified atom stereocenters. The number of nitrogens with zero attached hydrogens (tertiary/aromatic N) is 2. The van der Waals surface area contributed by atoms with Crippen molar-refractivity contribution in [3.8, 4) is 11.4 Å². The fourth-order valence-electron chi connectivity index (χ4n) is 3.11. The Morgan fingerprint density at radius 2 is 1.71 bits per heavy atom. The summed E-state index contributed by atoms with van der Waals surface area (Å²) in [5.41, 5.74) is 3.19. The Hall–Kier alpha value is -3.18. The lowest BCUT2D eigenvalue weighted by Crippen LogP contribution is -2.27. The standard InChI is InChI=1S/C22H17ClFN3O/c23-17-9-5-16(6-10-17)22(28)25-13-14-27-20-4-2-1-3-19(20)26-21(27)15-7-11-18(24)12-8-15/h1-12H,13-14H2,(H,25,28). The Labute approximate surface area is 166 Å². The predicted molar refractivity (Wildman–Crippen MR) is 109 cm³/mol. The van der Waals surface area contributed by atoms with Crippen LogP contribution < -0.4 is 5.32 Å². The van der Waals surface area contributed by atoms with Gasteiger partial charge in [0.15, 0.2) is 0 Å². The van der Waals surface area contributed by atoms with Crippen LogP contribution in [0.5, 0.6) is 0 Å². The van der Waals surface area contributed by atoms with Gasteiger partial charge >= 0.3 is 0 Å². The summed E-state index contributed by atoms with van der Waals surface area (Å²) in [5, 5.41) is 3.51. The molecule has 0 atom stereocenters. The lowest BCUT2D eigenvalue weighted by molar-refractivity contribution is 0.0952. The number of aromatic nitrogens is 2. The highest BCUT2D eigenvalue weighted by Crippen LogP contribution is 2.24. The van der Waals surface area contributed by atoms with Crippen molar-refractivity contribution in [2.45, 2.75) is 6.54 Å². The topological polar surface area (TPSA) is 46.9 Å². The number of hydrogen-bond donors (Lipinski definition) is 1. The minimum Gasteiger partial charge on any atom is -0.350 e. The molecular weight excluding hydrogens is 377 g/mol. The first-order chi connectivity index (χ1) is 13.6. The molecule has 0 aliphatic heterocycles. The number of imidazole rings is 1. The highest BCUT2D eigenvalue weighted by Gasteiger charge is 2.13. The molecule has 4 nitrogen and oxygen atoms in total. The molecule has 1 aromatic heterocycles. The van der Waals surface area contributed by atoms with E-state index >= 15 is 0 Å². The Morgan fingerprint density at radius 1 is 1.00 bits per heavy atom. The number of fused-ring (bicyclic) bond motifs is 1. The summed E-state index contributed by atoms with van der Waals surface area (Å²) >= 11 is 5.86. The average Bonchev–Trinajstić information content (AvgIpc) is 3.08. The molecule has 0 saturated carbocycles. The molecule has 1 heterocycles. The highest BCUT2D eigenvalue weighted by atomic mass is 35.5. The first kappa shape index (κ1) is 18.2. The lowest BCUT2D eigenvalue weighted by atomic mass is 10.2. The van der Waals surface area contributed by atoms with Gasteiger partial charge in [-0.1, -0.05) is 23.7 Å². The maximum atomic E-state index is 13.3. The van der Waals surface area contributed by atoms with Crippen LogP contribution in [0.1, 0.15) is 10.4 Å². The highest BCUT2D eigenvalue weighted by molar-refractivity contribution is 6.30. The van der Waals surface area contributed by atoms with Crippen LogP contribution in [0.3, 0.4) is 0 Å². The van der Waals surface area contributed by atoms with Crippen LogP contribution in [0.25, 0.3) is 22.4 Å². The third-order valence-corrected chi connectivity index (χ3v) is 4.74. The van der Waals surface area contributed by atoms with E-state index in [9.17, 15) is 9.18 Å². The van der Waals surface area contributed by atoms with E-state index in [0.29, 0.717) is 23.7 Å². The van der Waals surface area contributed by atoms with Crippen LogP contribution in [-0.4, -0.2) is 22.0 Å². The summed E-state index contributed by atoms with van der Waals surface area (Å²) < 4.78 is 15.3. The number of carbonyl (C=O) groups is 1. The van der Waals surface area contributed by atoms with E-state index in [1.165, 1.54) is 12.1 Å². The Kier molecular flexibility index (Phi) is 5.08. The number of para-hydroxylation sites is 2. The zero-order valence-corrected chi connectivity index (χ0v) is 15.7. The molecule has 0 spiro atoms. The second-order valence-electron chi connectivity index (χ2n) is 6.35. The van der Waals surface area contributed by atoms with Crippen molar-refractivity contribution in [2.24, 2.45) is 0 Å². The fraction of sp³-hybridized carbons (Fsp3) is 0.0909. The second kappa shape index (κ2) is 7.82. The summed E-state index contributed by atoms with van der Waals surface area (Å²) in [5.74, 6) is 0.285. The zero-order chi connectivity index (χ0) is 19.5. The number of amides is 1. The molecule has 1 N–H and O–H groups in total. The summed E-state index contributed by atoms with van der Waals surface area (Å²) in [7, 11) is 0. The van der Waals surface area contributed by atoms with E-state index in [-0.39, 0.29) is 11.7 Å². The molecule has 0 bridgehead atoms. The van der Waals surface area contributed by atoms with Crippen molar-refractivity contribution in [1.29, 1.82) is 0 Å². The Bertz CT molecular complexity index is 1120. The van der Waals surface area contributed by atoms with E-state index in [1.807, 2.05) is 28.8 Å². The van der Waals surface area contributed by atoms with Gasteiger partial charge in [0.25, 0.3) is 5.91 Å². The summed E-state index contributed by atoms with van der Waals surface area (Å²) in [6.45, 7) is 0.961. The largest absolute Gasteiger partial charge is 0.350 e. The number of nitrogens with one attached hydrogen (secondary N) is 1. The maximum absolute atomic E-state index is 13.3. The van der Waals surface area contributed by atoms with Crippen LogP contribution in [0.4, 0.5) is 4.39 Å².